The SMILES string of the molecule is C#CCSCCNC(C)c1cncs1. The third-order valence-electron chi connectivity index (χ3n) is 1.76. The summed E-state index contributed by atoms with van der Waals surface area (Å²) in [5, 5.41) is 3.42. The molecule has 1 aromatic heterocycles. The predicted molar refractivity (Wildman–Crippen MR) is 64.7 cm³/mol. The third kappa shape index (κ3) is 4.14. The summed E-state index contributed by atoms with van der Waals surface area (Å²) in [6.45, 7) is 3.14. The lowest BCUT2D eigenvalue weighted by Gasteiger charge is -2.10. The molecule has 0 spiro atoms. The van der Waals surface area contributed by atoms with Crippen LogP contribution in [0.2, 0.25) is 0 Å². The highest BCUT2D eigenvalue weighted by atomic mass is 32.2. The van der Waals surface area contributed by atoms with Crippen LogP contribution in [-0.4, -0.2) is 23.0 Å². The van der Waals surface area contributed by atoms with E-state index >= 15 is 0 Å². The van der Waals surface area contributed by atoms with Gasteiger partial charge >= 0.3 is 0 Å². The summed E-state index contributed by atoms with van der Waals surface area (Å²) >= 11 is 3.47. The summed E-state index contributed by atoms with van der Waals surface area (Å²) in [7, 11) is 0. The number of thioether (sulfide) groups is 1. The van der Waals surface area contributed by atoms with Crippen LogP contribution >= 0.6 is 23.1 Å². The van der Waals surface area contributed by atoms with Crippen LogP contribution in [0.25, 0.3) is 0 Å². The first-order valence-electron chi connectivity index (χ1n) is 4.47. The number of aromatic nitrogens is 1. The van der Waals surface area contributed by atoms with Gasteiger partial charge in [0.05, 0.1) is 11.3 Å². The lowest BCUT2D eigenvalue weighted by atomic mass is 10.3. The van der Waals surface area contributed by atoms with E-state index in [0.717, 1.165) is 18.1 Å². The topological polar surface area (TPSA) is 24.9 Å². The van der Waals surface area contributed by atoms with Gasteiger partial charge < -0.3 is 5.32 Å². The van der Waals surface area contributed by atoms with E-state index in [1.54, 1.807) is 23.1 Å². The fraction of sp³-hybridized carbons (Fsp3) is 0.500. The zero-order valence-corrected chi connectivity index (χ0v) is 9.83. The standard InChI is InChI=1S/C10H14N2S2/c1-3-5-13-6-4-12-9(2)10-7-11-8-14-10/h1,7-9,12H,4-6H2,2H3. The molecule has 0 saturated heterocycles. The van der Waals surface area contributed by atoms with E-state index in [4.69, 9.17) is 6.42 Å². The van der Waals surface area contributed by atoms with E-state index in [9.17, 15) is 0 Å². The molecular weight excluding hydrogens is 212 g/mol. The molecule has 0 fully saturated rings. The van der Waals surface area contributed by atoms with Crippen LogP contribution in [0.3, 0.4) is 0 Å². The number of thiazole rings is 1. The highest BCUT2D eigenvalue weighted by Crippen LogP contribution is 2.15. The Morgan fingerprint density at radius 3 is 3.29 bits per heavy atom. The molecule has 14 heavy (non-hydrogen) atoms. The van der Waals surface area contributed by atoms with E-state index in [0.29, 0.717) is 6.04 Å². The average molecular weight is 226 g/mol. The first-order valence-corrected chi connectivity index (χ1v) is 6.51. The van der Waals surface area contributed by atoms with Gasteiger partial charge in [0, 0.05) is 29.4 Å². The fourth-order valence-electron chi connectivity index (χ4n) is 1.02. The lowest BCUT2D eigenvalue weighted by molar-refractivity contribution is 0.609. The van der Waals surface area contributed by atoms with Gasteiger partial charge in [-0.25, -0.2) is 0 Å². The summed E-state index contributed by atoms with van der Waals surface area (Å²) in [6, 6.07) is 0.397. The maximum Gasteiger partial charge on any atom is 0.0794 e. The molecule has 0 radical (unpaired) electrons. The van der Waals surface area contributed by atoms with Gasteiger partial charge in [0.1, 0.15) is 0 Å². The van der Waals surface area contributed by atoms with Crippen molar-refractivity contribution in [1.82, 2.24) is 10.3 Å². The molecule has 2 nitrogen and oxygen atoms in total. The molecule has 0 aromatic carbocycles. The van der Waals surface area contributed by atoms with E-state index in [2.05, 4.69) is 23.1 Å². The van der Waals surface area contributed by atoms with Crippen molar-refractivity contribution in [1.29, 1.82) is 0 Å². The van der Waals surface area contributed by atoms with Crippen LogP contribution in [-0.2, 0) is 0 Å². The second-order valence-electron chi connectivity index (χ2n) is 2.84. The van der Waals surface area contributed by atoms with Crippen LogP contribution < -0.4 is 5.32 Å². The minimum atomic E-state index is 0.397. The Kier molecular flexibility index (Phi) is 5.69. The normalized spacial score (nSPS) is 12.3. The summed E-state index contributed by atoms with van der Waals surface area (Å²) in [5.41, 5.74) is 1.86. The highest BCUT2D eigenvalue weighted by molar-refractivity contribution is 7.99. The second-order valence-corrected chi connectivity index (χ2v) is 4.86. The second kappa shape index (κ2) is 6.88. The predicted octanol–water partition coefficient (Wildman–Crippen LogP) is 2.16. The average Bonchev–Trinajstić information content (AvgIpc) is 2.70. The van der Waals surface area contributed by atoms with Crippen molar-refractivity contribution in [3.63, 3.8) is 0 Å². The number of nitrogens with zero attached hydrogens (tertiary/aromatic N) is 1. The molecule has 4 heteroatoms. The molecule has 1 heterocycles. The van der Waals surface area contributed by atoms with Crippen LogP contribution in [0.15, 0.2) is 11.7 Å². The van der Waals surface area contributed by atoms with Crippen molar-refractivity contribution in [3.8, 4) is 12.3 Å². The lowest BCUT2D eigenvalue weighted by Crippen LogP contribution is -2.20. The maximum atomic E-state index is 5.15. The first kappa shape index (κ1) is 11.6. The van der Waals surface area contributed by atoms with Gasteiger partial charge in [-0.1, -0.05) is 5.92 Å². The quantitative estimate of drug-likeness (QED) is 0.594. The molecule has 0 saturated carbocycles. The Hall–Kier alpha value is -0.500. The first-order chi connectivity index (χ1) is 6.84. The summed E-state index contributed by atoms with van der Waals surface area (Å²) in [4.78, 5) is 5.33. The molecule has 1 rings (SSSR count). The number of nitrogens with one attached hydrogen (secondary N) is 1. The van der Waals surface area contributed by atoms with Crippen molar-refractivity contribution in [2.45, 2.75) is 13.0 Å². The smallest absolute Gasteiger partial charge is 0.0794 e. The molecule has 0 bridgehead atoms. The van der Waals surface area contributed by atoms with Gasteiger partial charge in [0.2, 0.25) is 0 Å². The Bertz CT molecular complexity index is 277. The van der Waals surface area contributed by atoms with Crippen molar-refractivity contribution < 1.29 is 0 Å². The summed E-state index contributed by atoms with van der Waals surface area (Å²) < 4.78 is 0. The van der Waals surface area contributed by atoms with Gasteiger partial charge in [-0.15, -0.1) is 29.5 Å². The Morgan fingerprint density at radius 1 is 1.79 bits per heavy atom. The van der Waals surface area contributed by atoms with Gasteiger partial charge in [0.25, 0.3) is 0 Å². The monoisotopic (exact) mass is 226 g/mol. The Morgan fingerprint density at radius 2 is 2.64 bits per heavy atom. The summed E-state index contributed by atoms with van der Waals surface area (Å²) in [5.74, 6) is 4.48. The molecular formula is C10H14N2S2. The van der Waals surface area contributed by atoms with Crippen molar-refractivity contribution in [2.75, 3.05) is 18.1 Å². The van der Waals surface area contributed by atoms with E-state index in [-0.39, 0.29) is 0 Å². The van der Waals surface area contributed by atoms with E-state index in [1.165, 1.54) is 4.88 Å². The van der Waals surface area contributed by atoms with Gasteiger partial charge in [0.15, 0.2) is 0 Å². The molecule has 0 aliphatic rings. The van der Waals surface area contributed by atoms with Crippen LogP contribution in [0.1, 0.15) is 17.8 Å². The molecule has 76 valence electrons. The largest absolute Gasteiger partial charge is 0.309 e. The number of hydrogen-bond acceptors (Lipinski definition) is 4. The van der Waals surface area contributed by atoms with Gasteiger partial charge in [-0.3, -0.25) is 4.98 Å². The zero-order valence-electron chi connectivity index (χ0n) is 8.19. The Balaban J connectivity index is 2.10. The van der Waals surface area contributed by atoms with E-state index in [1.807, 2.05) is 11.7 Å². The minimum absolute atomic E-state index is 0.397. The third-order valence-corrected chi connectivity index (χ3v) is 3.58. The Labute approximate surface area is 93.5 Å². The number of rotatable bonds is 6. The molecule has 1 N–H and O–H groups in total. The van der Waals surface area contributed by atoms with E-state index < -0.39 is 0 Å². The zero-order chi connectivity index (χ0) is 10.2. The number of terminal acetylenes is 1. The molecule has 0 amide bonds. The maximum absolute atomic E-state index is 5.15. The molecule has 1 aromatic rings. The molecule has 0 aliphatic heterocycles. The van der Waals surface area contributed by atoms with Crippen LogP contribution in [0.4, 0.5) is 0 Å². The molecule has 0 aliphatic carbocycles. The molecule has 1 unspecified atom stereocenters. The fourth-order valence-corrected chi connectivity index (χ4v) is 2.20. The van der Waals surface area contributed by atoms with Crippen LogP contribution in [0, 0.1) is 12.3 Å². The van der Waals surface area contributed by atoms with Crippen molar-refractivity contribution in [2.24, 2.45) is 0 Å². The minimum Gasteiger partial charge on any atom is -0.309 e. The van der Waals surface area contributed by atoms with Gasteiger partial charge in [-0.2, -0.15) is 0 Å². The van der Waals surface area contributed by atoms with Crippen molar-refractivity contribution >= 4 is 23.1 Å². The number of hydrogen-bond donors (Lipinski definition) is 1. The highest BCUT2D eigenvalue weighted by Gasteiger charge is 2.04. The van der Waals surface area contributed by atoms with Crippen molar-refractivity contribution in [3.05, 3.63) is 16.6 Å². The molecule has 1 atom stereocenters. The van der Waals surface area contributed by atoms with Crippen LogP contribution in [0.5, 0.6) is 0 Å². The van der Waals surface area contributed by atoms with Gasteiger partial charge in [-0.05, 0) is 6.92 Å². The summed E-state index contributed by atoms with van der Waals surface area (Å²) in [6.07, 6.45) is 7.06.